The van der Waals surface area contributed by atoms with E-state index in [2.05, 4.69) is 11.0 Å². The van der Waals surface area contributed by atoms with Gasteiger partial charge in [0.1, 0.15) is 5.82 Å². The molecule has 1 aliphatic heterocycles. The molecule has 2 nitrogen and oxygen atoms in total. The van der Waals surface area contributed by atoms with E-state index in [0.29, 0.717) is 6.10 Å². The van der Waals surface area contributed by atoms with Gasteiger partial charge in [0.25, 0.3) is 0 Å². The van der Waals surface area contributed by atoms with Crippen LogP contribution in [0.5, 0.6) is 0 Å². The summed E-state index contributed by atoms with van der Waals surface area (Å²) in [6.07, 6.45) is 2.52. The van der Waals surface area contributed by atoms with Crippen molar-refractivity contribution in [2.24, 2.45) is 0 Å². The zero-order chi connectivity index (χ0) is 11.4. The zero-order valence-corrected chi connectivity index (χ0v) is 9.58. The third kappa shape index (κ3) is 3.03. The molecule has 2 rings (SSSR count). The van der Waals surface area contributed by atoms with Crippen molar-refractivity contribution in [1.29, 1.82) is 0 Å². The average Bonchev–Trinajstić information content (AvgIpc) is 2.30. The van der Waals surface area contributed by atoms with E-state index in [1.807, 2.05) is 6.07 Å². The van der Waals surface area contributed by atoms with Gasteiger partial charge in [-0.1, -0.05) is 12.1 Å². The van der Waals surface area contributed by atoms with Crippen molar-refractivity contribution in [2.45, 2.75) is 25.5 Å². The molecular formula is C13H17FNO. The molecule has 0 saturated carbocycles. The lowest BCUT2D eigenvalue weighted by Crippen LogP contribution is -2.36. The Labute approximate surface area is 96.0 Å². The number of benzene rings is 1. The number of hydrogen-bond donors (Lipinski definition) is 0. The largest absolute Gasteiger partial charge is 0.381 e. The van der Waals surface area contributed by atoms with E-state index in [4.69, 9.17) is 4.74 Å². The summed E-state index contributed by atoms with van der Waals surface area (Å²) in [7, 11) is 1.76. The van der Waals surface area contributed by atoms with Crippen LogP contribution in [-0.4, -0.2) is 31.2 Å². The minimum atomic E-state index is -0.274. The van der Waals surface area contributed by atoms with Gasteiger partial charge in [0.05, 0.1) is 6.10 Å². The van der Waals surface area contributed by atoms with Gasteiger partial charge in [-0.05, 0) is 24.5 Å². The van der Waals surface area contributed by atoms with Crippen LogP contribution >= 0.6 is 0 Å². The summed E-state index contributed by atoms with van der Waals surface area (Å²) < 4.78 is 18.3. The maximum Gasteiger partial charge on any atom is 0.131 e. The van der Waals surface area contributed by atoms with E-state index in [0.717, 1.165) is 38.0 Å². The van der Waals surface area contributed by atoms with Crippen molar-refractivity contribution in [3.8, 4) is 0 Å². The second kappa shape index (κ2) is 5.41. The fourth-order valence-electron chi connectivity index (χ4n) is 2.12. The number of nitrogens with zero attached hydrogens (tertiary/aromatic N) is 1. The van der Waals surface area contributed by atoms with Crippen LogP contribution in [0.2, 0.25) is 0 Å². The summed E-state index contributed by atoms with van der Waals surface area (Å²) in [4.78, 5) is 2.32. The van der Waals surface area contributed by atoms with Gasteiger partial charge < -0.3 is 4.74 Å². The van der Waals surface area contributed by atoms with Crippen molar-refractivity contribution in [3.63, 3.8) is 0 Å². The Bertz CT molecular complexity index is 334. The summed E-state index contributed by atoms with van der Waals surface area (Å²) in [6, 6.07) is 7.83. The molecule has 1 aliphatic rings. The van der Waals surface area contributed by atoms with Crippen molar-refractivity contribution in [1.82, 2.24) is 4.90 Å². The van der Waals surface area contributed by atoms with Crippen LogP contribution < -0.4 is 0 Å². The van der Waals surface area contributed by atoms with Gasteiger partial charge in [-0.2, -0.15) is 0 Å². The predicted molar refractivity (Wildman–Crippen MR) is 60.5 cm³/mol. The molecule has 3 heteroatoms. The minimum absolute atomic E-state index is 0.274. The van der Waals surface area contributed by atoms with E-state index < -0.39 is 0 Å². The molecule has 0 atom stereocenters. The molecule has 0 aliphatic carbocycles. The number of ether oxygens (including phenoxy) is 1. The Morgan fingerprint density at radius 1 is 1.44 bits per heavy atom. The van der Waals surface area contributed by atoms with Crippen LogP contribution in [0.15, 0.2) is 18.2 Å². The Hall–Kier alpha value is -0.930. The standard InChI is InChI=1S/C13H17FNO/c1-16-13-5-7-15(8-6-13)10-11-3-2-4-12(14)9-11/h2-4,13H,5-8,10H2,1H3. The third-order valence-corrected chi connectivity index (χ3v) is 3.08. The van der Waals surface area contributed by atoms with E-state index in [1.54, 1.807) is 13.2 Å². The molecule has 0 aromatic heterocycles. The lowest BCUT2D eigenvalue weighted by atomic mass is 10.1. The molecular weight excluding hydrogens is 205 g/mol. The first-order chi connectivity index (χ1) is 7.78. The topological polar surface area (TPSA) is 12.5 Å². The van der Waals surface area contributed by atoms with Crippen LogP contribution in [0, 0.1) is 11.9 Å². The van der Waals surface area contributed by atoms with Crippen molar-refractivity contribution < 1.29 is 9.13 Å². The summed E-state index contributed by atoms with van der Waals surface area (Å²) in [5.74, 6) is -0.274. The summed E-state index contributed by atoms with van der Waals surface area (Å²) in [6.45, 7) is 2.82. The second-order valence-corrected chi connectivity index (χ2v) is 4.24. The van der Waals surface area contributed by atoms with Crippen LogP contribution in [0.4, 0.5) is 4.39 Å². The number of hydrogen-bond acceptors (Lipinski definition) is 2. The van der Waals surface area contributed by atoms with Gasteiger partial charge in [0.15, 0.2) is 0 Å². The molecule has 1 fully saturated rings. The molecule has 1 aromatic carbocycles. The number of methoxy groups -OCH3 is 1. The predicted octanol–water partition coefficient (Wildman–Crippen LogP) is 2.24. The van der Waals surface area contributed by atoms with Gasteiger partial charge in [0.2, 0.25) is 0 Å². The van der Waals surface area contributed by atoms with Gasteiger partial charge in [-0.3, -0.25) is 4.90 Å². The molecule has 1 radical (unpaired) electrons. The molecule has 0 N–H and O–H groups in total. The van der Waals surface area contributed by atoms with Gasteiger partial charge >= 0.3 is 0 Å². The maximum absolute atomic E-state index is 12.9. The first-order valence-electron chi connectivity index (χ1n) is 5.70. The first kappa shape index (κ1) is 11.6. The molecule has 1 aromatic rings. The molecule has 16 heavy (non-hydrogen) atoms. The van der Waals surface area contributed by atoms with Gasteiger partial charge in [-0.15, -0.1) is 0 Å². The molecule has 0 spiro atoms. The van der Waals surface area contributed by atoms with Crippen molar-refractivity contribution in [3.05, 3.63) is 35.6 Å². The van der Waals surface area contributed by atoms with E-state index in [-0.39, 0.29) is 5.82 Å². The normalized spacial score (nSPS) is 18.9. The smallest absolute Gasteiger partial charge is 0.131 e. The highest BCUT2D eigenvalue weighted by molar-refractivity contribution is 5.14. The monoisotopic (exact) mass is 222 g/mol. The highest BCUT2D eigenvalue weighted by Gasteiger charge is 2.18. The number of halogens is 1. The fraction of sp³-hybridized carbons (Fsp3) is 0.538. The van der Waals surface area contributed by atoms with Crippen molar-refractivity contribution >= 4 is 0 Å². The maximum atomic E-state index is 12.9. The second-order valence-electron chi connectivity index (χ2n) is 4.24. The Morgan fingerprint density at radius 2 is 2.19 bits per heavy atom. The van der Waals surface area contributed by atoms with Crippen LogP contribution in [0.3, 0.4) is 0 Å². The molecule has 1 heterocycles. The fourth-order valence-corrected chi connectivity index (χ4v) is 2.12. The average molecular weight is 222 g/mol. The van der Waals surface area contributed by atoms with E-state index in [9.17, 15) is 4.39 Å². The summed E-state index contributed by atoms with van der Waals surface area (Å²) in [5.41, 5.74) is 0.927. The van der Waals surface area contributed by atoms with E-state index in [1.165, 1.54) is 6.07 Å². The Morgan fingerprint density at radius 3 is 2.81 bits per heavy atom. The highest BCUT2D eigenvalue weighted by atomic mass is 19.1. The first-order valence-corrected chi connectivity index (χ1v) is 5.70. The Balaban J connectivity index is 1.87. The number of rotatable bonds is 3. The minimum Gasteiger partial charge on any atom is -0.381 e. The molecule has 87 valence electrons. The zero-order valence-electron chi connectivity index (χ0n) is 9.58. The number of piperidine rings is 1. The van der Waals surface area contributed by atoms with Crippen LogP contribution in [0.25, 0.3) is 0 Å². The lowest BCUT2D eigenvalue weighted by molar-refractivity contribution is 0.0388. The van der Waals surface area contributed by atoms with Crippen LogP contribution in [0.1, 0.15) is 18.4 Å². The summed E-state index contributed by atoms with van der Waals surface area (Å²) in [5, 5.41) is 0. The molecule has 1 saturated heterocycles. The van der Waals surface area contributed by atoms with Crippen molar-refractivity contribution in [2.75, 3.05) is 20.2 Å². The molecule has 0 bridgehead atoms. The SMILES string of the molecule is COC1CCN(Cc2[c]c(F)ccc2)CC1. The summed E-state index contributed by atoms with van der Waals surface area (Å²) >= 11 is 0. The lowest BCUT2D eigenvalue weighted by Gasteiger charge is -2.31. The number of likely N-dealkylation sites (tertiary alicyclic amines) is 1. The van der Waals surface area contributed by atoms with Gasteiger partial charge in [-0.25, -0.2) is 4.39 Å². The molecule has 0 unspecified atom stereocenters. The van der Waals surface area contributed by atoms with E-state index >= 15 is 0 Å². The third-order valence-electron chi connectivity index (χ3n) is 3.08. The quantitative estimate of drug-likeness (QED) is 0.777. The van der Waals surface area contributed by atoms with Crippen LogP contribution in [-0.2, 0) is 11.3 Å². The molecule has 0 amide bonds. The van der Waals surface area contributed by atoms with Gasteiger partial charge in [0, 0.05) is 32.8 Å². The highest BCUT2D eigenvalue weighted by Crippen LogP contribution is 2.15. The Kier molecular flexibility index (Phi) is 3.91.